The molecule has 10 unspecified atom stereocenters. The van der Waals surface area contributed by atoms with E-state index in [0.717, 1.165) is 13.5 Å². The number of hydrogen-bond acceptors (Lipinski definition) is 17. The summed E-state index contributed by atoms with van der Waals surface area (Å²) in [5, 5.41) is 23.1. The Morgan fingerprint density at radius 3 is 1.47 bits per heavy atom. The quantitative estimate of drug-likeness (QED) is 0.0597. The summed E-state index contributed by atoms with van der Waals surface area (Å²) < 4.78 is 154. The van der Waals surface area contributed by atoms with Crippen molar-refractivity contribution in [1.29, 1.82) is 0 Å². The van der Waals surface area contributed by atoms with Crippen molar-refractivity contribution >= 4 is 53.2 Å². The van der Waals surface area contributed by atoms with Gasteiger partial charge in [0.15, 0.2) is 13.3 Å². The molecule has 266 valence electrons. The van der Waals surface area contributed by atoms with Crippen LogP contribution in [0, 0.1) is 23.7 Å². The molecule has 0 aromatic heterocycles. The van der Waals surface area contributed by atoms with Gasteiger partial charge >= 0.3 is 71.1 Å². The molecule has 0 radical (unpaired) electrons. The summed E-state index contributed by atoms with van der Waals surface area (Å²) in [5.41, 5.74) is 0. The molecule has 18 nitrogen and oxygen atoms in total. The first kappa shape index (κ1) is 49.3. The Kier molecular flexibility index (Phi) is 20.7. The number of aliphatic hydroxyl groups excluding tert-OH is 2. The van der Waals surface area contributed by atoms with E-state index in [2.05, 4.69) is 0 Å². The van der Waals surface area contributed by atoms with Crippen LogP contribution in [-0.2, 0) is 63.9 Å². The molecule has 4 bridgehead atoms. The molecular formula is C19H28F4Na2O18S4. The number of ether oxygens (including phenoxy) is 1. The van der Waals surface area contributed by atoms with Gasteiger partial charge in [-0.1, -0.05) is 0 Å². The van der Waals surface area contributed by atoms with Crippen molar-refractivity contribution in [2.75, 3.05) is 20.5 Å². The van der Waals surface area contributed by atoms with Crippen molar-refractivity contribution < 1.29 is 156 Å². The fourth-order valence-electron chi connectivity index (χ4n) is 6.13. The second kappa shape index (κ2) is 19.7. The van der Waals surface area contributed by atoms with Gasteiger partial charge in [-0.3, -0.25) is 8.37 Å². The first-order valence-corrected chi connectivity index (χ1v) is 17.8. The zero-order valence-electron chi connectivity index (χ0n) is 24.6. The van der Waals surface area contributed by atoms with E-state index in [0.29, 0.717) is 19.3 Å². The van der Waals surface area contributed by atoms with E-state index in [1.807, 2.05) is 0 Å². The summed E-state index contributed by atoms with van der Waals surface area (Å²) in [6, 6.07) is 0. The molecule has 2 saturated heterocycles. The van der Waals surface area contributed by atoms with Crippen LogP contribution in [0.2, 0.25) is 0 Å². The molecule has 0 amide bonds. The van der Waals surface area contributed by atoms with Gasteiger partial charge in [-0.2, -0.15) is 16.8 Å². The van der Waals surface area contributed by atoms with Crippen LogP contribution < -0.4 is 59.1 Å². The number of esters is 1. The molecule has 0 aromatic rings. The topological polar surface area (TPSA) is 305 Å². The predicted octanol–water partition coefficient (Wildman–Crippen LogP) is -8.02. The van der Waals surface area contributed by atoms with Gasteiger partial charge in [0.25, 0.3) is 41.2 Å². The van der Waals surface area contributed by atoms with E-state index in [1.54, 1.807) is 0 Å². The molecule has 6 fully saturated rings. The van der Waals surface area contributed by atoms with Crippen molar-refractivity contribution in [2.45, 2.75) is 60.6 Å². The molecule has 28 heteroatoms. The van der Waals surface area contributed by atoms with Crippen LogP contribution in [0.5, 0.6) is 0 Å². The number of halogens is 4. The number of carbonyl (C=O) groups excluding carboxylic acids is 1. The number of alkyl halides is 2. The number of fused-ring (bicyclic) bond motifs is 2. The van der Waals surface area contributed by atoms with E-state index < -0.39 is 96.2 Å². The second-order valence-corrected chi connectivity index (χ2v) is 15.0. The van der Waals surface area contributed by atoms with Crippen LogP contribution >= 0.6 is 0 Å². The maximum Gasteiger partial charge on any atom is 1.00 e. The first-order valence-electron chi connectivity index (χ1n) is 12.2. The van der Waals surface area contributed by atoms with E-state index in [9.17, 15) is 43.3 Å². The third kappa shape index (κ3) is 14.8. The summed E-state index contributed by atoms with van der Waals surface area (Å²) >= 11 is 0. The molecule has 4 aliphatic carbocycles. The van der Waals surface area contributed by atoms with Gasteiger partial charge in [0.05, 0.1) is 16.6 Å². The zero-order chi connectivity index (χ0) is 35.3. The van der Waals surface area contributed by atoms with Gasteiger partial charge in [0.1, 0.15) is 18.3 Å². The number of carbonyl (C=O) groups is 2. The predicted molar refractivity (Wildman–Crippen MR) is 133 cm³/mol. The Hall–Kier alpha value is 0.220. The Morgan fingerprint density at radius 2 is 1.13 bits per heavy atom. The minimum atomic E-state index is -5.42. The van der Waals surface area contributed by atoms with E-state index in [4.69, 9.17) is 54.1 Å². The summed E-state index contributed by atoms with van der Waals surface area (Å²) in [6.07, 6.45) is 0.473. The maximum absolute atomic E-state index is 12.0. The van der Waals surface area contributed by atoms with Gasteiger partial charge in [-0.05, 0) is 31.6 Å². The second-order valence-electron chi connectivity index (χ2n) is 9.87. The van der Waals surface area contributed by atoms with Gasteiger partial charge in [-0.15, -0.1) is 7.77 Å². The van der Waals surface area contributed by atoms with Crippen LogP contribution in [0.4, 0.5) is 16.6 Å². The molecule has 4 saturated carbocycles. The number of aliphatic carboxylic acids is 1. The van der Waals surface area contributed by atoms with Crippen LogP contribution in [0.15, 0.2) is 0 Å². The zero-order valence-corrected chi connectivity index (χ0v) is 31.9. The van der Waals surface area contributed by atoms with Gasteiger partial charge in [0, 0.05) is 24.9 Å². The van der Waals surface area contributed by atoms with Crippen molar-refractivity contribution in [1.82, 2.24) is 0 Å². The molecule has 47 heavy (non-hydrogen) atoms. The molecule has 0 spiro atoms. The van der Waals surface area contributed by atoms with Crippen molar-refractivity contribution in [2.24, 2.45) is 23.7 Å². The fourth-order valence-corrected chi connectivity index (χ4v) is 9.90. The SMILES string of the molecule is CO.O=C(CF)OC1C2CC3C1OS(=O)(=O)C3C2.O=C(O)CF.O=S(=O)([O-])F.O=S(=O)([O-])F.O=S1(=O)OC2C(O)C3CC2C1C3.[Na+].[Na+]. The van der Waals surface area contributed by atoms with E-state index in [-0.39, 0.29) is 88.0 Å². The average Bonchev–Trinajstić information content (AvgIpc) is 3.69. The van der Waals surface area contributed by atoms with Gasteiger partial charge in [0.2, 0.25) is 0 Å². The van der Waals surface area contributed by atoms with Crippen molar-refractivity contribution in [3.8, 4) is 0 Å². The molecular weight excluding hydrogens is 766 g/mol. The summed E-state index contributed by atoms with van der Waals surface area (Å²) in [4.78, 5) is 19.9. The largest absolute Gasteiger partial charge is 1.00 e. The number of hydrogen-bond donors (Lipinski definition) is 3. The minimum absolute atomic E-state index is 0. The number of carboxylic acids is 1. The molecule has 2 aliphatic heterocycles. The van der Waals surface area contributed by atoms with Crippen molar-refractivity contribution in [3.05, 3.63) is 0 Å². The van der Waals surface area contributed by atoms with Crippen LogP contribution in [0.1, 0.15) is 25.7 Å². The number of carboxylic acid groups (broad SMARTS) is 1. The normalized spacial score (nSPS) is 34.7. The van der Waals surface area contributed by atoms with Crippen LogP contribution in [0.3, 0.4) is 0 Å². The Morgan fingerprint density at radius 1 is 0.787 bits per heavy atom. The molecule has 2 heterocycles. The summed E-state index contributed by atoms with van der Waals surface area (Å²) in [6.45, 7) is -2.46. The summed E-state index contributed by atoms with van der Waals surface area (Å²) in [5.74, 6) is -2.18. The minimum Gasteiger partial charge on any atom is -0.722 e. The first-order chi connectivity index (χ1) is 20.4. The van der Waals surface area contributed by atoms with Gasteiger partial charge in [-0.25, -0.2) is 35.2 Å². The van der Waals surface area contributed by atoms with Gasteiger partial charge < -0.3 is 29.2 Å². The van der Waals surface area contributed by atoms with Crippen LogP contribution in [-0.4, -0.2) is 125 Å². The molecule has 6 rings (SSSR count). The van der Waals surface area contributed by atoms with E-state index in [1.165, 1.54) is 0 Å². The van der Waals surface area contributed by atoms with E-state index >= 15 is 0 Å². The molecule has 6 aliphatic rings. The average molecular weight is 795 g/mol. The molecule has 10 atom stereocenters. The van der Waals surface area contributed by atoms with Crippen molar-refractivity contribution in [3.63, 3.8) is 0 Å². The third-order valence-corrected chi connectivity index (χ3v) is 10.9. The molecule has 0 aromatic carbocycles. The standard InChI is InChI=1S/C9H11FO5S.C7H10O4S.C2H3FO2.CH4O.2FHO3S.2Na/c10-3-7(11)14-8-4-1-5-6(2-4)16(12,13)15-9(5)8;8-6-3-1-4-5(2-3)12(9,10)11-7(4)6;3-1-2(4)5;1-2;2*1-5(2,3)4;;/h4-6,8-9H,1-3H2;3-8H,1-2H2;1H2,(H,4,5);2H,1H3;2*(H,2,3,4);;/q;;;;;;2*+1/p-2. The maximum atomic E-state index is 12.0. The fraction of sp³-hybridized carbons (Fsp3) is 0.895. The Bertz CT molecular complexity index is 1440. The van der Waals surface area contributed by atoms with Crippen LogP contribution in [0.25, 0.3) is 0 Å². The number of aliphatic hydroxyl groups is 2. The summed E-state index contributed by atoms with van der Waals surface area (Å²) in [7, 11) is -16.6. The molecule has 3 N–H and O–H groups in total. The smallest absolute Gasteiger partial charge is 0.722 e. The Balaban J connectivity index is 0. The number of rotatable bonds is 3. The monoisotopic (exact) mass is 794 g/mol. The third-order valence-electron chi connectivity index (χ3n) is 7.35. The Labute approximate surface area is 311 Å².